The number of anilines is 2. The molecule has 0 saturated heterocycles. The quantitative estimate of drug-likeness (QED) is 0.178. The minimum absolute atomic E-state index is 0.0726. The van der Waals surface area contributed by atoms with E-state index in [-0.39, 0.29) is 17.4 Å². The van der Waals surface area contributed by atoms with E-state index in [0.29, 0.717) is 5.56 Å². The lowest BCUT2D eigenvalue weighted by Crippen LogP contribution is -2.24. The fraction of sp³-hybridized carbons (Fsp3) is 0.0862. The Kier molecular flexibility index (Phi) is 7.22. The lowest BCUT2D eigenvalue weighted by atomic mass is 9.82. The van der Waals surface area contributed by atoms with Crippen molar-refractivity contribution in [2.24, 2.45) is 0 Å². The van der Waals surface area contributed by atoms with Crippen molar-refractivity contribution in [3.05, 3.63) is 222 Å². The molecule has 2 atom stereocenters. The smallest absolute Gasteiger partial charge is 0.0992 e. The van der Waals surface area contributed by atoms with E-state index >= 15 is 0 Å². The highest BCUT2D eigenvalue weighted by Gasteiger charge is 2.43. The minimum atomic E-state index is -0.114. The summed E-state index contributed by atoms with van der Waals surface area (Å²) in [4.78, 5) is 2.53. The van der Waals surface area contributed by atoms with Crippen LogP contribution in [0.2, 0.25) is 0 Å². The average molecular weight is 793 g/mol. The zero-order valence-electron chi connectivity index (χ0n) is 34.4. The van der Waals surface area contributed by atoms with E-state index in [4.69, 9.17) is 0 Å². The number of aromatic nitrogens is 2. The highest BCUT2D eigenvalue weighted by Crippen LogP contribution is 2.58. The second kappa shape index (κ2) is 12.8. The molecule has 2 unspecified atom stereocenters. The molecule has 10 aromatic rings. The van der Waals surface area contributed by atoms with Gasteiger partial charge in [0.25, 0.3) is 0 Å². The van der Waals surface area contributed by atoms with Gasteiger partial charge in [-0.15, -0.1) is 0 Å². The molecule has 62 heavy (non-hydrogen) atoms. The predicted molar refractivity (Wildman–Crippen MR) is 255 cm³/mol. The normalized spacial score (nSPS) is 16.6. The Morgan fingerprint density at radius 2 is 1.23 bits per heavy atom. The van der Waals surface area contributed by atoms with Crippen LogP contribution < -0.4 is 4.90 Å². The van der Waals surface area contributed by atoms with Crippen LogP contribution in [0.3, 0.4) is 0 Å². The summed E-state index contributed by atoms with van der Waals surface area (Å²) in [7, 11) is 0. The molecule has 4 heteroatoms. The Hall–Kier alpha value is -7.87. The van der Waals surface area contributed by atoms with Crippen LogP contribution in [0.15, 0.2) is 188 Å². The second-order valence-corrected chi connectivity index (χ2v) is 17.6. The van der Waals surface area contributed by atoms with Gasteiger partial charge in [0, 0.05) is 55.8 Å². The van der Waals surface area contributed by atoms with Gasteiger partial charge >= 0.3 is 0 Å². The zero-order chi connectivity index (χ0) is 41.3. The number of hydrogen-bond donors (Lipinski definition) is 0. The third-order valence-electron chi connectivity index (χ3n) is 14.0. The molecular formula is C58H40N4. The Morgan fingerprint density at radius 3 is 2.08 bits per heavy atom. The van der Waals surface area contributed by atoms with Crippen LogP contribution in [0.25, 0.3) is 72.4 Å². The molecule has 13 rings (SSSR count). The molecule has 292 valence electrons. The van der Waals surface area contributed by atoms with Crippen molar-refractivity contribution >= 4 is 50.2 Å². The predicted octanol–water partition coefficient (Wildman–Crippen LogP) is 14.6. The Morgan fingerprint density at radius 1 is 0.516 bits per heavy atom. The lowest BCUT2D eigenvalue weighted by Gasteiger charge is -2.32. The first-order chi connectivity index (χ1) is 30.5. The maximum absolute atomic E-state index is 10.6. The number of para-hydroxylation sites is 4. The van der Waals surface area contributed by atoms with Crippen LogP contribution in [-0.4, -0.2) is 9.13 Å². The largest absolute Gasteiger partial charge is 0.333 e. The van der Waals surface area contributed by atoms with Gasteiger partial charge in [0.15, 0.2) is 0 Å². The third-order valence-corrected chi connectivity index (χ3v) is 14.0. The summed E-state index contributed by atoms with van der Waals surface area (Å²) in [6.45, 7) is 4.70. The summed E-state index contributed by atoms with van der Waals surface area (Å²) >= 11 is 0. The van der Waals surface area contributed by atoms with Crippen molar-refractivity contribution in [1.29, 1.82) is 5.26 Å². The maximum atomic E-state index is 10.6. The Labute approximate surface area is 360 Å². The molecular weight excluding hydrogens is 753 g/mol. The molecule has 8 aromatic carbocycles. The van der Waals surface area contributed by atoms with Gasteiger partial charge in [-0.3, -0.25) is 0 Å². The molecule has 0 bridgehead atoms. The molecule has 0 amide bonds. The van der Waals surface area contributed by atoms with E-state index in [1.165, 1.54) is 71.9 Å². The summed E-state index contributed by atoms with van der Waals surface area (Å²) in [5, 5.41) is 14.3. The molecule has 0 N–H and O–H groups in total. The van der Waals surface area contributed by atoms with E-state index in [9.17, 15) is 5.26 Å². The standard InChI is InChI=1S/C58H40N4/c1-58(2)49-23-10-6-19-42(49)47-33-48-44-21-8-11-24-51(44)60(55(48)34-50(47)58)40-18-14-15-37(31-40)38-29-36(35-59)30-41(32-38)61-53-26-13-9-22-46(53)56-54(61)28-27-45-43-20-7-12-25-52(43)62(57(45)56)39-16-4-3-5-17-39/h3-34,45,57H,1-2H3. The molecule has 3 heterocycles. The Balaban J connectivity index is 0.983. The van der Waals surface area contributed by atoms with Crippen molar-refractivity contribution in [3.63, 3.8) is 0 Å². The summed E-state index contributed by atoms with van der Waals surface area (Å²) < 4.78 is 4.81. The van der Waals surface area contributed by atoms with Gasteiger partial charge in [-0.25, -0.2) is 0 Å². The molecule has 0 saturated carbocycles. The van der Waals surface area contributed by atoms with Gasteiger partial charge in [0.1, 0.15) is 0 Å². The topological polar surface area (TPSA) is 36.9 Å². The van der Waals surface area contributed by atoms with Crippen molar-refractivity contribution in [1.82, 2.24) is 9.13 Å². The summed E-state index contributed by atoms with van der Waals surface area (Å²) in [6, 6.07) is 68.7. The van der Waals surface area contributed by atoms with Crippen LogP contribution in [0.5, 0.6) is 0 Å². The number of rotatable bonds is 4. The van der Waals surface area contributed by atoms with Crippen molar-refractivity contribution in [3.8, 4) is 39.7 Å². The van der Waals surface area contributed by atoms with Gasteiger partial charge < -0.3 is 14.0 Å². The molecule has 0 radical (unpaired) electrons. The van der Waals surface area contributed by atoms with Gasteiger partial charge in [-0.05, 0) is 118 Å². The highest BCUT2D eigenvalue weighted by atomic mass is 15.2. The zero-order valence-corrected chi connectivity index (χ0v) is 34.4. The second-order valence-electron chi connectivity index (χ2n) is 17.6. The van der Waals surface area contributed by atoms with Crippen LogP contribution in [0.4, 0.5) is 11.4 Å². The molecule has 3 aliphatic rings. The minimum Gasteiger partial charge on any atom is -0.333 e. The van der Waals surface area contributed by atoms with Crippen LogP contribution in [-0.2, 0) is 5.41 Å². The van der Waals surface area contributed by atoms with Crippen LogP contribution in [0.1, 0.15) is 59.3 Å². The van der Waals surface area contributed by atoms with E-state index in [1.54, 1.807) is 0 Å². The average Bonchev–Trinajstić information content (AvgIpc) is 4.02. The fourth-order valence-corrected chi connectivity index (χ4v) is 11.3. The maximum Gasteiger partial charge on any atom is 0.0992 e. The van der Waals surface area contributed by atoms with Gasteiger partial charge in [-0.1, -0.05) is 129 Å². The first-order valence-corrected chi connectivity index (χ1v) is 21.6. The van der Waals surface area contributed by atoms with Crippen LogP contribution >= 0.6 is 0 Å². The van der Waals surface area contributed by atoms with Crippen LogP contribution in [0, 0.1) is 11.3 Å². The first-order valence-electron chi connectivity index (χ1n) is 21.6. The number of fused-ring (bicyclic) bond motifs is 13. The van der Waals surface area contributed by atoms with Crippen molar-refractivity contribution in [2.75, 3.05) is 4.90 Å². The monoisotopic (exact) mass is 792 g/mol. The van der Waals surface area contributed by atoms with E-state index in [0.717, 1.165) is 33.7 Å². The SMILES string of the molecule is CC1(C)c2ccccc2-c2cc3c4ccccc4n(-c4cccc(-c5cc(C#N)cc(-n6c7c(c8ccccc86)C6C(C=C7)c7ccccc7N6c6ccccc6)c5)c4)c3cc21. The fourth-order valence-electron chi connectivity index (χ4n) is 11.3. The van der Waals surface area contributed by atoms with E-state index in [1.807, 2.05) is 12.1 Å². The highest BCUT2D eigenvalue weighted by molar-refractivity contribution is 6.11. The summed E-state index contributed by atoms with van der Waals surface area (Å²) in [5.74, 6) is 0.199. The molecule has 2 aromatic heterocycles. The molecule has 0 fully saturated rings. The van der Waals surface area contributed by atoms with Gasteiger partial charge in [-0.2, -0.15) is 5.26 Å². The molecule has 1 aliphatic heterocycles. The molecule has 0 spiro atoms. The van der Waals surface area contributed by atoms with Crippen molar-refractivity contribution < 1.29 is 0 Å². The third kappa shape index (κ3) is 4.76. The Bertz CT molecular complexity index is 3590. The summed E-state index contributed by atoms with van der Waals surface area (Å²) in [6.07, 6.45) is 4.71. The first kappa shape index (κ1) is 34.9. The molecule has 2 aliphatic carbocycles. The van der Waals surface area contributed by atoms with E-state index in [2.05, 4.69) is 216 Å². The van der Waals surface area contributed by atoms with Gasteiger partial charge in [0.2, 0.25) is 0 Å². The molecule has 4 nitrogen and oxygen atoms in total. The summed E-state index contributed by atoms with van der Waals surface area (Å²) in [5.41, 5.74) is 19.8. The van der Waals surface area contributed by atoms with Gasteiger partial charge in [0.05, 0.1) is 39.9 Å². The van der Waals surface area contributed by atoms with E-state index < -0.39 is 0 Å². The lowest BCUT2D eigenvalue weighted by molar-refractivity contribution is 0.661. The number of nitriles is 1. The number of hydrogen-bond acceptors (Lipinski definition) is 2. The van der Waals surface area contributed by atoms with Crippen molar-refractivity contribution in [2.45, 2.75) is 31.2 Å². The number of benzene rings is 8. The number of nitrogens with zero attached hydrogens (tertiary/aromatic N) is 4.